The van der Waals surface area contributed by atoms with Crippen LogP contribution in [0.25, 0.3) is 11.1 Å². The van der Waals surface area contributed by atoms with Crippen molar-refractivity contribution < 1.29 is 19.4 Å². The summed E-state index contributed by atoms with van der Waals surface area (Å²) >= 11 is 0. The second-order valence-corrected chi connectivity index (χ2v) is 7.29. The Bertz CT molecular complexity index is 1050. The predicted octanol–water partition coefficient (Wildman–Crippen LogP) is 3.05. The number of phenols is 1. The normalized spacial score (nSPS) is 16.0. The number of morpholine rings is 1. The lowest BCUT2D eigenvalue weighted by Crippen LogP contribution is -2.35. The van der Waals surface area contributed by atoms with Crippen LogP contribution in [0.3, 0.4) is 0 Å². The van der Waals surface area contributed by atoms with Gasteiger partial charge >= 0.3 is 0 Å². The minimum atomic E-state index is -0.199. The Morgan fingerprint density at radius 1 is 1.19 bits per heavy atom. The van der Waals surface area contributed by atoms with Gasteiger partial charge in [0.15, 0.2) is 11.5 Å². The fourth-order valence-corrected chi connectivity index (χ4v) is 3.65. The van der Waals surface area contributed by atoms with Crippen LogP contribution < -0.4 is 15.4 Å². The Morgan fingerprint density at radius 2 is 2.03 bits per heavy atom. The molecule has 0 radical (unpaired) electrons. The molecule has 1 aliphatic rings. The third kappa shape index (κ3) is 4.84. The topological polar surface area (TPSA) is 92.7 Å². The molecule has 160 valence electrons. The minimum Gasteiger partial charge on any atom is -0.504 e. The quantitative estimate of drug-likeness (QED) is 0.569. The number of hydrogen-bond acceptors (Lipinski definition) is 6. The van der Waals surface area contributed by atoms with Gasteiger partial charge in [0.1, 0.15) is 0 Å². The Balaban J connectivity index is 1.60. The van der Waals surface area contributed by atoms with E-state index in [0.29, 0.717) is 24.5 Å². The van der Waals surface area contributed by atoms with Crippen LogP contribution >= 0.6 is 0 Å². The highest BCUT2D eigenvalue weighted by Crippen LogP contribution is 2.29. The number of phenolic OH excluding ortho intramolecular Hbond substituents is 1. The number of nitrogens with zero attached hydrogens (tertiary/aromatic N) is 1. The number of carbonyl (C=O) groups excluding carboxylic acids is 1. The molecule has 7 nitrogen and oxygen atoms in total. The molecule has 1 amide bonds. The fraction of sp³-hybridized carbons (Fsp3) is 0.250. The van der Waals surface area contributed by atoms with E-state index in [4.69, 9.17) is 9.47 Å². The summed E-state index contributed by atoms with van der Waals surface area (Å²) in [7, 11) is 1.50. The van der Waals surface area contributed by atoms with Crippen molar-refractivity contribution >= 4 is 5.91 Å². The van der Waals surface area contributed by atoms with E-state index in [2.05, 4.69) is 15.6 Å². The lowest BCUT2D eigenvalue weighted by molar-refractivity contribution is 0.0270. The van der Waals surface area contributed by atoms with Crippen LogP contribution in [-0.2, 0) is 11.3 Å². The van der Waals surface area contributed by atoms with E-state index in [1.807, 2.05) is 30.3 Å². The van der Waals surface area contributed by atoms with Gasteiger partial charge < -0.3 is 25.2 Å². The first-order chi connectivity index (χ1) is 15.2. The van der Waals surface area contributed by atoms with E-state index in [0.717, 1.165) is 28.8 Å². The number of hydrogen-bond donors (Lipinski definition) is 3. The number of nitrogens with one attached hydrogen (secondary N) is 2. The number of aromatic hydroxyl groups is 1. The molecule has 0 saturated carbocycles. The second kappa shape index (κ2) is 9.59. The highest BCUT2D eigenvalue weighted by atomic mass is 16.5. The summed E-state index contributed by atoms with van der Waals surface area (Å²) in [5, 5.41) is 16.3. The molecule has 7 heteroatoms. The molecule has 31 heavy (non-hydrogen) atoms. The number of aromatic nitrogens is 1. The number of amides is 1. The first-order valence-corrected chi connectivity index (χ1v) is 10.2. The van der Waals surface area contributed by atoms with E-state index < -0.39 is 0 Å². The number of benzene rings is 2. The summed E-state index contributed by atoms with van der Waals surface area (Å²) in [5.74, 6) is 0.232. The van der Waals surface area contributed by atoms with Crippen molar-refractivity contribution in [2.24, 2.45) is 0 Å². The van der Waals surface area contributed by atoms with Gasteiger partial charge in [-0.2, -0.15) is 0 Å². The van der Waals surface area contributed by atoms with E-state index in [1.165, 1.54) is 7.11 Å². The van der Waals surface area contributed by atoms with Gasteiger partial charge in [-0.25, -0.2) is 0 Å². The van der Waals surface area contributed by atoms with Crippen LogP contribution in [0.15, 0.2) is 60.9 Å². The van der Waals surface area contributed by atoms with Gasteiger partial charge in [-0.1, -0.05) is 18.2 Å². The molecule has 1 unspecified atom stereocenters. The van der Waals surface area contributed by atoms with E-state index in [1.54, 1.807) is 30.6 Å². The summed E-state index contributed by atoms with van der Waals surface area (Å²) < 4.78 is 11.0. The highest BCUT2D eigenvalue weighted by Gasteiger charge is 2.22. The van der Waals surface area contributed by atoms with Crippen LogP contribution in [0.2, 0.25) is 0 Å². The van der Waals surface area contributed by atoms with E-state index in [9.17, 15) is 9.90 Å². The predicted molar refractivity (Wildman–Crippen MR) is 117 cm³/mol. The number of pyridine rings is 1. The number of ether oxygens (including phenoxy) is 2. The molecule has 3 aromatic rings. The van der Waals surface area contributed by atoms with Gasteiger partial charge in [0.05, 0.1) is 19.8 Å². The molecular weight excluding hydrogens is 394 g/mol. The summed E-state index contributed by atoms with van der Waals surface area (Å²) in [6.45, 7) is 2.33. The Labute approximate surface area is 181 Å². The maximum absolute atomic E-state index is 13.2. The minimum absolute atomic E-state index is 0.0382. The molecule has 1 atom stereocenters. The number of methoxy groups -OCH3 is 1. The van der Waals surface area contributed by atoms with Crippen molar-refractivity contribution in [3.8, 4) is 22.6 Å². The smallest absolute Gasteiger partial charge is 0.251 e. The van der Waals surface area contributed by atoms with Crippen molar-refractivity contribution in [2.45, 2.75) is 12.6 Å². The molecule has 0 aliphatic carbocycles. The SMILES string of the molecule is COc1ccc(CNC(=O)c2cc(-c3ccncc3)ccc2C2CNCCO2)cc1O. The molecule has 1 aliphatic heterocycles. The average Bonchev–Trinajstić information content (AvgIpc) is 2.83. The van der Waals surface area contributed by atoms with Crippen molar-refractivity contribution in [1.82, 2.24) is 15.6 Å². The van der Waals surface area contributed by atoms with Crippen molar-refractivity contribution in [3.63, 3.8) is 0 Å². The molecule has 1 fully saturated rings. The zero-order valence-corrected chi connectivity index (χ0v) is 17.3. The maximum atomic E-state index is 13.2. The van der Waals surface area contributed by atoms with Crippen LogP contribution in [-0.4, -0.2) is 42.8 Å². The number of carbonyl (C=O) groups is 1. The van der Waals surface area contributed by atoms with Crippen molar-refractivity contribution in [2.75, 3.05) is 26.8 Å². The summed E-state index contributed by atoms with van der Waals surface area (Å²) in [4.78, 5) is 17.3. The number of rotatable bonds is 6. The average molecular weight is 419 g/mol. The molecule has 3 N–H and O–H groups in total. The van der Waals surface area contributed by atoms with E-state index in [-0.39, 0.29) is 24.3 Å². The van der Waals surface area contributed by atoms with Crippen LogP contribution in [0.1, 0.15) is 27.6 Å². The maximum Gasteiger partial charge on any atom is 0.251 e. The van der Waals surface area contributed by atoms with Gasteiger partial charge in [0.25, 0.3) is 5.91 Å². The summed E-state index contributed by atoms with van der Waals surface area (Å²) in [6, 6.07) is 14.7. The van der Waals surface area contributed by atoms with Gasteiger partial charge in [0.2, 0.25) is 0 Å². The zero-order valence-electron chi connectivity index (χ0n) is 17.3. The lowest BCUT2D eigenvalue weighted by atomic mass is 9.95. The van der Waals surface area contributed by atoms with Gasteiger partial charge in [-0.05, 0) is 52.6 Å². The molecule has 2 heterocycles. The molecule has 1 saturated heterocycles. The first kappa shape index (κ1) is 20.8. The molecular formula is C24H25N3O4. The van der Waals surface area contributed by atoms with Gasteiger partial charge in [0, 0.05) is 37.6 Å². The third-order valence-corrected chi connectivity index (χ3v) is 5.28. The van der Waals surface area contributed by atoms with Gasteiger partial charge in [-0.3, -0.25) is 9.78 Å². The first-order valence-electron chi connectivity index (χ1n) is 10.2. The fourth-order valence-electron chi connectivity index (χ4n) is 3.65. The summed E-state index contributed by atoms with van der Waals surface area (Å²) in [5.41, 5.74) is 4.11. The Kier molecular flexibility index (Phi) is 6.45. The van der Waals surface area contributed by atoms with Crippen LogP contribution in [0, 0.1) is 0 Å². The monoisotopic (exact) mass is 419 g/mol. The zero-order chi connectivity index (χ0) is 21.6. The summed E-state index contributed by atoms with van der Waals surface area (Å²) in [6.07, 6.45) is 3.27. The Morgan fingerprint density at radius 3 is 2.74 bits per heavy atom. The van der Waals surface area contributed by atoms with Crippen LogP contribution in [0.4, 0.5) is 0 Å². The second-order valence-electron chi connectivity index (χ2n) is 7.29. The highest BCUT2D eigenvalue weighted by molar-refractivity contribution is 5.97. The lowest BCUT2D eigenvalue weighted by Gasteiger charge is -2.26. The van der Waals surface area contributed by atoms with Crippen molar-refractivity contribution in [1.29, 1.82) is 0 Å². The van der Waals surface area contributed by atoms with Crippen LogP contribution in [0.5, 0.6) is 11.5 Å². The molecule has 0 bridgehead atoms. The molecule has 2 aromatic carbocycles. The molecule has 1 aromatic heterocycles. The molecule has 0 spiro atoms. The Hall–Kier alpha value is -3.42. The largest absolute Gasteiger partial charge is 0.504 e. The molecule has 4 rings (SSSR count). The third-order valence-electron chi connectivity index (χ3n) is 5.28. The van der Waals surface area contributed by atoms with Crippen molar-refractivity contribution in [3.05, 3.63) is 77.6 Å². The van der Waals surface area contributed by atoms with Gasteiger partial charge in [-0.15, -0.1) is 0 Å². The standard InChI is InChI=1S/C24H25N3O4/c1-30-22-5-2-16(12-21(22)28)14-27-24(29)20-13-18(17-6-8-25-9-7-17)3-4-19(20)23-15-26-10-11-31-23/h2-9,12-13,23,26,28H,10-11,14-15H2,1H3,(H,27,29). The van der Waals surface area contributed by atoms with E-state index >= 15 is 0 Å².